The van der Waals surface area contributed by atoms with E-state index in [1.165, 1.54) is 6.07 Å². The van der Waals surface area contributed by atoms with Crippen molar-refractivity contribution in [1.82, 2.24) is 4.98 Å². The van der Waals surface area contributed by atoms with Gasteiger partial charge in [-0.2, -0.15) is 0 Å². The minimum atomic E-state index is -0.284. The third-order valence-electron chi connectivity index (χ3n) is 5.58. The zero-order valence-electron chi connectivity index (χ0n) is 15.4. The van der Waals surface area contributed by atoms with Gasteiger partial charge in [0.15, 0.2) is 0 Å². The van der Waals surface area contributed by atoms with Crippen LogP contribution >= 0.6 is 0 Å². The number of rotatable bonds is 3. The van der Waals surface area contributed by atoms with Crippen molar-refractivity contribution >= 4 is 17.4 Å². The van der Waals surface area contributed by atoms with Crippen LogP contribution < -0.4 is 10.2 Å². The van der Waals surface area contributed by atoms with Crippen LogP contribution in [0, 0.1) is 24.6 Å². The van der Waals surface area contributed by atoms with Gasteiger partial charge in [-0.15, -0.1) is 0 Å². The van der Waals surface area contributed by atoms with Gasteiger partial charge < -0.3 is 10.2 Å². The van der Waals surface area contributed by atoms with Crippen molar-refractivity contribution in [3.63, 3.8) is 0 Å². The number of anilines is 2. The largest absolute Gasteiger partial charge is 0.363 e. The van der Waals surface area contributed by atoms with Gasteiger partial charge in [0, 0.05) is 35.8 Å². The van der Waals surface area contributed by atoms with E-state index in [2.05, 4.69) is 17.2 Å². The quantitative estimate of drug-likeness (QED) is 0.886. The molecule has 1 aromatic heterocycles. The predicted octanol–water partition coefficient (Wildman–Crippen LogP) is 4.46. The summed E-state index contributed by atoms with van der Waals surface area (Å²) in [4.78, 5) is 18.9. The van der Waals surface area contributed by atoms with E-state index < -0.39 is 0 Å². The van der Waals surface area contributed by atoms with E-state index in [-0.39, 0.29) is 29.7 Å². The molecule has 1 N–H and O–H groups in total. The van der Waals surface area contributed by atoms with Gasteiger partial charge in [0.05, 0.1) is 6.04 Å². The Balaban J connectivity index is 1.80. The van der Waals surface area contributed by atoms with Crippen molar-refractivity contribution in [2.75, 3.05) is 10.2 Å². The number of benzene rings is 1. The van der Waals surface area contributed by atoms with Crippen LogP contribution in [0.25, 0.3) is 0 Å². The van der Waals surface area contributed by atoms with Gasteiger partial charge >= 0.3 is 0 Å². The summed E-state index contributed by atoms with van der Waals surface area (Å²) in [5.74, 6) is 1.19. The number of hydrogen-bond acceptors (Lipinski definition) is 3. The van der Waals surface area contributed by atoms with Crippen LogP contribution in [0.4, 0.5) is 15.9 Å². The summed E-state index contributed by atoms with van der Waals surface area (Å²) in [6.07, 6.45) is 2.29. The van der Waals surface area contributed by atoms with E-state index in [1.807, 2.05) is 30.0 Å². The summed E-state index contributed by atoms with van der Waals surface area (Å²) in [5, 5.41) is 3.51. The molecule has 4 rings (SSSR count). The molecule has 0 spiro atoms. The molecule has 1 unspecified atom stereocenters. The molecule has 2 heterocycles. The van der Waals surface area contributed by atoms with E-state index in [0.717, 1.165) is 35.6 Å². The number of nitrogens with zero attached hydrogens (tertiary/aromatic N) is 2. The number of amides is 1. The molecule has 0 radical (unpaired) electrons. The molecule has 1 aliphatic heterocycles. The van der Waals surface area contributed by atoms with Crippen molar-refractivity contribution in [1.29, 1.82) is 0 Å². The number of hydrogen-bond donors (Lipinski definition) is 1. The Hall–Kier alpha value is -2.43. The highest BCUT2D eigenvalue weighted by atomic mass is 19.1. The van der Waals surface area contributed by atoms with Gasteiger partial charge in [-0.05, 0) is 56.0 Å². The summed E-state index contributed by atoms with van der Waals surface area (Å²) in [5.41, 5.74) is 2.58. The minimum Gasteiger partial charge on any atom is -0.363 e. The van der Waals surface area contributed by atoms with Crippen molar-refractivity contribution in [2.45, 2.75) is 45.7 Å². The third kappa shape index (κ3) is 2.96. The average Bonchev–Trinajstić information content (AvgIpc) is 3.41. The van der Waals surface area contributed by atoms with Crippen LogP contribution in [0.1, 0.15) is 44.0 Å². The van der Waals surface area contributed by atoms with Crippen molar-refractivity contribution < 1.29 is 9.18 Å². The first kappa shape index (κ1) is 17.0. The molecular weight excluding hydrogens is 329 g/mol. The molecule has 26 heavy (non-hydrogen) atoms. The Labute approximate surface area is 153 Å². The Kier molecular flexibility index (Phi) is 4.17. The summed E-state index contributed by atoms with van der Waals surface area (Å²) in [7, 11) is 0. The van der Waals surface area contributed by atoms with Crippen molar-refractivity contribution in [3.05, 3.63) is 53.5 Å². The molecule has 3 atom stereocenters. The van der Waals surface area contributed by atoms with Crippen molar-refractivity contribution in [2.24, 2.45) is 11.8 Å². The standard InChI is InChI=1S/C21H24FN3O/c1-12-5-4-6-19(23-12)24-20-13(2)21(15-7-8-15)25(14(3)26)18-10-9-16(22)11-17(18)20/h4-6,9-11,13,15,20-21H,7-8H2,1-3H3,(H,23,24)/t13-,20?,21-/m1/s1. The summed E-state index contributed by atoms with van der Waals surface area (Å²) in [6, 6.07) is 10.6. The zero-order chi connectivity index (χ0) is 18.4. The average molecular weight is 353 g/mol. The molecular formula is C21H24FN3O. The van der Waals surface area contributed by atoms with Gasteiger partial charge in [-0.3, -0.25) is 4.79 Å². The molecule has 1 saturated carbocycles. The number of aryl methyl sites for hydroxylation is 1. The Morgan fingerprint density at radius 2 is 2.04 bits per heavy atom. The van der Waals surface area contributed by atoms with Crippen LogP contribution in [0.2, 0.25) is 0 Å². The fourth-order valence-electron chi connectivity index (χ4n) is 4.32. The number of carbonyl (C=O) groups excluding carboxylic acids is 1. The predicted molar refractivity (Wildman–Crippen MR) is 101 cm³/mol. The molecule has 5 heteroatoms. The topological polar surface area (TPSA) is 45.2 Å². The molecule has 1 fully saturated rings. The normalized spacial score (nSPS) is 24.9. The van der Waals surface area contributed by atoms with E-state index in [1.54, 1.807) is 19.1 Å². The maximum Gasteiger partial charge on any atom is 0.224 e. The van der Waals surface area contributed by atoms with Crippen LogP contribution in [0.3, 0.4) is 0 Å². The number of aromatic nitrogens is 1. The lowest BCUT2D eigenvalue weighted by molar-refractivity contribution is -0.117. The summed E-state index contributed by atoms with van der Waals surface area (Å²) >= 11 is 0. The highest BCUT2D eigenvalue weighted by Crippen LogP contribution is 2.50. The molecule has 1 amide bonds. The van der Waals surface area contributed by atoms with Gasteiger partial charge in [0.1, 0.15) is 11.6 Å². The second-order valence-corrected chi connectivity index (χ2v) is 7.57. The van der Waals surface area contributed by atoms with E-state index in [9.17, 15) is 9.18 Å². The molecule has 2 aliphatic rings. The van der Waals surface area contributed by atoms with Gasteiger partial charge in [-0.1, -0.05) is 13.0 Å². The highest BCUT2D eigenvalue weighted by molar-refractivity contribution is 5.94. The fourth-order valence-corrected chi connectivity index (χ4v) is 4.32. The Morgan fingerprint density at radius 1 is 1.27 bits per heavy atom. The maximum absolute atomic E-state index is 14.0. The number of pyridine rings is 1. The van der Waals surface area contributed by atoms with Crippen molar-refractivity contribution in [3.8, 4) is 0 Å². The first-order valence-electron chi connectivity index (χ1n) is 9.25. The van der Waals surface area contributed by atoms with E-state index in [4.69, 9.17) is 0 Å². The molecule has 136 valence electrons. The van der Waals surface area contributed by atoms with E-state index >= 15 is 0 Å². The summed E-state index contributed by atoms with van der Waals surface area (Å²) < 4.78 is 14.0. The molecule has 1 aromatic carbocycles. The lowest BCUT2D eigenvalue weighted by Crippen LogP contribution is -2.51. The smallest absolute Gasteiger partial charge is 0.224 e. The summed E-state index contributed by atoms with van der Waals surface area (Å²) in [6.45, 7) is 5.71. The first-order valence-corrected chi connectivity index (χ1v) is 9.25. The minimum absolute atomic E-state index is 0.0220. The van der Waals surface area contributed by atoms with Gasteiger partial charge in [0.25, 0.3) is 0 Å². The molecule has 2 aromatic rings. The number of halogens is 1. The fraction of sp³-hybridized carbons (Fsp3) is 0.429. The maximum atomic E-state index is 14.0. The second-order valence-electron chi connectivity index (χ2n) is 7.57. The van der Waals surface area contributed by atoms with Crippen LogP contribution in [0.15, 0.2) is 36.4 Å². The Bertz CT molecular complexity index is 849. The monoisotopic (exact) mass is 353 g/mol. The zero-order valence-corrected chi connectivity index (χ0v) is 15.4. The molecule has 4 nitrogen and oxygen atoms in total. The molecule has 0 saturated heterocycles. The lowest BCUT2D eigenvalue weighted by atomic mass is 9.80. The SMILES string of the molecule is CC(=O)N1c2ccc(F)cc2C(Nc2cccc(C)n2)[C@@H](C)[C@@H]1C1CC1. The third-order valence-corrected chi connectivity index (χ3v) is 5.58. The molecule has 1 aliphatic carbocycles. The van der Waals surface area contributed by atoms with Gasteiger partial charge in [-0.25, -0.2) is 9.37 Å². The van der Waals surface area contributed by atoms with E-state index in [0.29, 0.717) is 5.92 Å². The van der Waals surface area contributed by atoms with Crippen LogP contribution in [-0.2, 0) is 4.79 Å². The first-order chi connectivity index (χ1) is 12.5. The molecule has 0 bridgehead atoms. The second kappa shape index (κ2) is 6.38. The van der Waals surface area contributed by atoms with Gasteiger partial charge in [0.2, 0.25) is 5.91 Å². The number of fused-ring (bicyclic) bond motifs is 1. The van der Waals surface area contributed by atoms with Crippen LogP contribution in [-0.4, -0.2) is 16.9 Å². The highest BCUT2D eigenvalue weighted by Gasteiger charge is 2.47. The van der Waals surface area contributed by atoms with Crippen LogP contribution in [0.5, 0.6) is 0 Å². The number of carbonyl (C=O) groups is 1. The number of nitrogens with one attached hydrogen (secondary N) is 1. The Morgan fingerprint density at radius 3 is 2.69 bits per heavy atom. The lowest BCUT2D eigenvalue weighted by Gasteiger charge is -2.45.